The van der Waals surface area contributed by atoms with Crippen LogP contribution in [0, 0.1) is 5.92 Å². The summed E-state index contributed by atoms with van der Waals surface area (Å²) in [5.74, 6) is 0.624. The van der Waals surface area contributed by atoms with Gasteiger partial charge < -0.3 is 15.4 Å². The van der Waals surface area contributed by atoms with Gasteiger partial charge in [0.2, 0.25) is 0 Å². The maximum atomic E-state index is 5.45. The molecule has 0 atom stereocenters. The number of nitrogens with one attached hydrogen (secondary N) is 2. The van der Waals surface area contributed by atoms with Crippen LogP contribution >= 0.6 is 12.2 Å². The Labute approximate surface area is 105 Å². The molecule has 0 saturated carbocycles. The van der Waals surface area contributed by atoms with Crippen molar-refractivity contribution < 1.29 is 4.74 Å². The summed E-state index contributed by atoms with van der Waals surface area (Å²) in [5, 5.41) is 7.13. The third-order valence-corrected chi connectivity index (χ3v) is 2.27. The van der Waals surface area contributed by atoms with Crippen LogP contribution in [0.25, 0.3) is 0 Å². The lowest BCUT2D eigenvalue weighted by Crippen LogP contribution is -2.37. The average Bonchev–Trinajstić information content (AvgIpc) is 2.19. The highest BCUT2D eigenvalue weighted by Crippen LogP contribution is 1.93. The molecule has 4 heteroatoms. The zero-order chi connectivity index (χ0) is 12.4. The molecule has 0 aliphatic rings. The van der Waals surface area contributed by atoms with E-state index >= 15 is 0 Å². The van der Waals surface area contributed by atoms with Gasteiger partial charge in [0.1, 0.15) is 0 Å². The second kappa shape index (κ2) is 9.85. The zero-order valence-corrected chi connectivity index (χ0v) is 11.8. The highest BCUT2D eigenvalue weighted by molar-refractivity contribution is 7.80. The van der Waals surface area contributed by atoms with Crippen LogP contribution in [-0.2, 0) is 4.74 Å². The van der Waals surface area contributed by atoms with E-state index in [-0.39, 0.29) is 0 Å². The molecule has 0 aromatic heterocycles. The summed E-state index contributed by atoms with van der Waals surface area (Å²) in [7, 11) is 0. The smallest absolute Gasteiger partial charge is 0.166 e. The van der Waals surface area contributed by atoms with Gasteiger partial charge in [0, 0.05) is 19.7 Å². The van der Waals surface area contributed by atoms with E-state index < -0.39 is 0 Å². The molecule has 16 heavy (non-hydrogen) atoms. The second-order valence-electron chi connectivity index (χ2n) is 4.66. The Morgan fingerprint density at radius 3 is 2.38 bits per heavy atom. The van der Waals surface area contributed by atoms with Crippen molar-refractivity contribution in [2.45, 2.75) is 46.6 Å². The van der Waals surface area contributed by atoms with E-state index in [1.54, 1.807) is 0 Å². The molecule has 0 amide bonds. The van der Waals surface area contributed by atoms with Crippen LogP contribution in [0.15, 0.2) is 0 Å². The molecule has 0 aliphatic heterocycles. The summed E-state index contributed by atoms with van der Waals surface area (Å²) in [6.07, 6.45) is 2.51. The van der Waals surface area contributed by atoms with Crippen LogP contribution in [-0.4, -0.2) is 30.9 Å². The molecule has 0 aliphatic carbocycles. The van der Waals surface area contributed by atoms with E-state index in [0.717, 1.165) is 37.7 Å². The Morgan fingerprint density at radius 1 is 1.12 bits per heavy atom. The molecule has 0 unspecified atom stereocenters. The maximum absolute atomic E-state index is 5.45. The summed E-state index contributed by atoms with van der Waals surface area (Å²) in [4.78, 5) is 0. The fourth-order valence-electron chi connectivity index (χ4n) is 1.11. The molecule has 0 heterocycles. The molecule has 0 aromatic rings. The summed E-state index contributed by atoms with van der Waals surface area (Å²) in [5.41, 5.74) is 0. The van der Waals surface area contributed by atoms with Crippen LogP contribution in [0.1, 0.15) is 40.5 Å². The predicted octanol–water partition coefficient (Wildman–Crippen LogP) is 2.31. The molecule has 0 spiro atoms. The van der Waals surface area contributed by atoms with E-state index in [2.05, 4.69) is 38.3 Å². The molecule has 2 N–H and O–H groups in total. The number of hydrogen-bond acceptors (Lipinski definition) is 2. The van der Waals surface area contributed by atoms with Crippen molar-refractivity contribution in [3.63, 3.8) is 0 Å². The molecule has 0 bridgehead atoms. The summed E-state index contributed by atoms with van der Waals surface area (Å²) in [6.45, 7) is 11.1. The Morgan fingerprint density at radius 2 is 1.81 bits per heavy atom. The fourth-order valence-corrected chi connectivity index (χ4v) is 1.29. The van der Waals surface area contributed by atoms with Gasteiger partial charge in [0.05, 0.1) is 6.10 Å². The Bertz CT molecular complexity index is 184. The van der Waals surface area contributed by atoms with Gasteiger partial charge in [-0.3, -0.25) is 0 Å². The topological polar surface area (TPSA) is 33.3 Å². The molecule has 0 radical (unpaired) electrons. The molecular weight excluding hydrogens is 220 g/mol. The number of rotatable bonds is 8. The third-order valence-electron chi connectivity index (χ3n) is 1.98. The van der Waals surface area contributed by atoms with Gasteiger partial charge in [-0.2, -0.15) is 0 Å². The average molecular weight is 246 g/mol. The van der Waals surface area contributed by atoms with Crippen LogP contribution < -0.4 is 10.6 Å². The van der Waals surface area contributed by atoms with Crippen LogP contribution in [0.3, 0.4) is 0 Å². The first kappa shape index (κ1) is 15.7. The minimum Gasteiger partial charge on any atom is -0.379 e. The van der Waals surface area contributed by atoms with Gasteiger partial charge in [0.15, 0.2) is 5.11 Å². The lowest BCUT2D eigenvalue weighted by Gasteiger charge is -2.12. The highest BCUT2D eigenvalue weighted by Gasteiger charge is 1.97. The van der Waals surface area contributed by atoms with E-state index in [4.69, 9.17) is 17.0 Å². The Hall–Kier alpha value is -0.350. The molecule has 96 valence electrons. The SMILES string of the molecule is CC(C)CNC(=S)NCCCCOC(C)C. The lowest BCUT2D eigenvalue weighted by molar-refractivity contribution is 0.0762. The van der Waals surface area contributed by atoms with E-state index in [9.17, 15) is 0 Å². The van der Waals surface area contributed by atoms with Crippen LogP contribution in [0.2, 0.25) is 0 Å². The molecule has 0 rings (SSSR count). The molecule has 0 saturated heterocycles. The van der Waals surface area contributed by atoms with Crippen molar-refractivity contribution in [1.82, 2.24) is 10.6 Å². The van der Waals surface area contributed by atoms with Crippen LogP contribution in [0.5, 0.6) is 0 Å². The predicted molar refractivity (Wildman–Crippen MR) is 73.8 cm³/mol. The number of hydrogen-bond donors (Lipinski definition) is 2. The maximum Gasteiger partial charge on any atom is 0.166 e. The van der Waals surface area contributed by atoms with E-state index in [0.29, 0.717) is 12.0 Å². The minimum absolute atomic E-state index is 0.335. The standard InChI is InChI=1S/C12H26N2OS/c1-10(2)9-14-12(16)13-7-5-6-8-15-11(3)4/h10-11H,5-9H2,1-4H3,(H2,13,14,16). The zero-order valence-electron chi connectivity index (χ0n) is 11.0. The second-order valence-corrected chi connectivity index (χ2v) is 5.07. The fraction of sp³-hybridized carbons (Fsp3) is 0.917. The van der Waals surface area contributed by atoms with Gasteiger partial charge in [-0.15, -0.1) is 0 Å². The highest BCUT2D eigenvalue weighted by atomic mass is 32.1. The van der Waals surface area contributed by atoms with Gasteiger partial charge >= 0.3 is 0 Å². The molecule has 0 fully saturated rings. The number of ether oxygens (including phenoxy) is 1. The van der Waals surface area contributed by atoms with Crippen molar-refractivity contribution >= 4 is 17.3 Å². The van der Waals surface area contributed by atoms with E-state index in [1.807, 2.05) is 0 Å². The van der Waals surface area contributed by atoms with Crippen LogP contribution in [0.4, 0.5) is 0 Å². The van der Waals surface area contributed by atoms with E-state index in [1.165, 1.54) is 0 Å². The quantitative estimate of drug-likeness (QED) is 0.509. The Balaban J connectivity index is 3.21. The summed E-state index contributed by atoms with van der Waals surface area (Å²) < 4.78 is 5.45. The lowest BCUT2D eigenvalue weighted by atomic mass is 10.2. The summed E-state index contributed by atoms with van der Waals surface area (Å²) in [6, 6.07) is 0. The number of thiocarbonyl (C=S) groups is 1. The van der Waals surface area contributed by atoms with Gasteiger partial charge in [-0.1, -0.05) is 13.8 Å². The summed E-state index contributed by atoms with van der Waals surface area (Å²) >= 11 is 5.14. The first-order valence-corrected chi connectivity index (χ1v) is 6.56. The third kappa shape index (κ3) is 11.7. The van der Waals surface area contributed by atoms with Crippen molar-refractivity contribution in [3.8, 4) is 0 Å². The first-order chi connectivity index (χ1) is 7.52. The number of unbranched alkanes of at least 4 members (excludes halogenated alkanes) is 1. The Kier molecular flexibility index (Phi) is 9.63. The molecule has 0 aromatic carbocycles. The normalized spacial score (nSPS) is 10.9. The van der Waals surface area contributed by atoms with Gasteiger partial charge in [0.25, 0.3) is 0 Å². The van der Waals surface area contributed by atoms with Crippen molar-refractivity contribution in [2.24, 2.45) is 5.92 Å². The van der Waals surface area contributed by atoms with Gasteiger partial charge in [-0.05, 0) is 44.8 Å². The van der Waals surface area contributed by atoms with Crippen molar-refractivity contribution in [3.05, 3.63) is 0 Å². The minimum atomic E-state index is 0.335. The molecule has 3 nitrogen and oxygen atoms in total. The monoisotopic (exact) mass is 246 g/mol. The van der Waals surface area contributed by atoms with Crippen molar-refractivity contribution in [1.29, 1.82) is 0 Å². The molecular formula is C12H26N2OS. The van der Waals surface area contributed by atoms with Crippen molar-refractivity contribution in [2.75, 3.05) is 19.7 Å². The largest absolute Gasteiger partial charge is 0.379 e. The first-order valence-electron chi connectivity index (χ1n) is 6.15. The van der Waals surface area contributed by atoms with Gasteiger partial charge in [-0.25, -0.2) is 0 Å².